The van der Waals surface area contributed by atoms with E-state index in [1.165, 1.54) is 6.07 Å². The lowest BCUT2D eigenvalue weighted by atomic mass is 10.0. The Balaban J connectivity index is 1.61. The first-order valence-corrected chi connectivity index (χ1v) is 8.31. The number of benzene rings is 1. The first-order valence-electron chi connectivity index (χ1n) is 8.31. The fourth-order valence-corrected chi connectivity index (χ4v) is 3.15. The molecule has 4 nitrogen and oxygen atoms in total. The molecule has 0 radical (unpaired) electrons. The Labute approximate surface area is 141 Å². The van der Waals surface area contributed by atoms with Gasteiger partial charge in [-0.15, -0.1) is 0 Å². The number of hydrogen-bond donors (Lipinski definition) is 1. The number of anilines is 1. The number of pyridine rings is 1. The molecular formula is C19H22FN3O. The largest absolute Gasteiger partial charge is 0.367 e. The van der Waals surface area contributed by atoms with Crippen molar-refractivity contribution in [3.63, 3.8) is 0 Å². The third kappa shape index (κ3) is 4.10. The van der Waals surface area contributed by atoms with Gasteiger partial charge in [-0.2, -0.15) is 0 Å². The molecule has 0 spiro atoms. The molecule has 1 saturated heterocycles. The Morgan fingerprint density at radius 1 is 1.42 bits per heavy atom. The van der Waals surface area contributed by atoms with Gasteiger partial charge in [0, 0.05) is 31.5 Å². The Kier molecular flexibility index (Phi) is 5.08. The fraction of sp³-hybridized carbons (Fsp3) is 0.368. The van der Waals surface area contributed by atoms with Gasteiger partial charge in [0.1, 0.15) is 5.82 Å². The molecule has 2 heterocycles. The van der Waals surface area contributed by atoms with Crippen LogP contribution in [0.5, 0.6) is 0 Å². The summed E-state index contributed by atoms with van der Waals surface area (Å²) in [7, 11) is 0. The van der Waals surface area contributed by atoms with Crippen molar-refractivity contribution in [1.29, 1.82) is 0 Å². The summed E-state index contributed by atoms with van der Waals surface area (Å²) in [6.07, 6.45) is 5.57. The minimum atomic E-state index is -0.206. The van der Waals surface area contributed by atoms with Crippen LogP contribution in [0.1, 0.15) is 24.0 Å². The maximum Gasteiger partial charge on any atom is 0.224 e. The van der Waals surface area contributed by atoms with Crippen LogP contribution in [0, 0.1) is 12.7 Å². The Bertz CT molecular complexity index is 705. The molecule has 0 bridgehead atoms. The van der Waals surface area contributed by atoms with Crippen molar-refractivity contribution in [1.82, 2.24) is 10.3 Å². The molecule has 1 aliphatic heterocycles. The first kappa shape index (κ1) is 16.4. The van der Waals surface area contributed by atoms with Crippen molar-refractivity contribution in [3.05, 3.63) is 59.7 Å². The van der Waals surface area contributed by atoms with E-state index in [4.69, 9.17) is 0 Å². The molecular weight excluding hydrogens is 305 g/mol. The van der Waals surface area contributed by atoms with Crippen LogP contribution in [0.4, 0.5) is 10.1 Å². The molecule has 1 atom stereocenters. The number of amides is 1. The van der Waals surface area contributed by atoms with Crippen LogP contribution in [-0.2, 0) is 11.2 Å². The third-order valence-corrected chi connectivity index (χ3v) is 4.32. The average molecular weight is 327 g/mol. The van der Waals surface area contributed by atoms with Gasteiger partial charge in [-0.25, -0.2) is 4.39 Å². The van der Waals surface area contributed by atoms with E-state index in [0.29, 0.717) is 18.7 Å². The summed E-state index contributed by atoms with van der Waals surface area (Å²) in [4.78, 5) is 18.3. The second-order valence-electron chi connectivity index (χ2n) is 6.35. The van der Waals surface area contributed by atoms with Crippen molar-refractivity contribution in [2.75, 3.05) is 18.0 Å². The summed E-state index contributed by atoms with van der Waals surface area (Å²) in [5, 5.41) is 3.07. The standard InChI is InChI=1S/C19H22FN3O/c1-14-6-7-17(20)18(10-14)23-9-3-5-16(13-23)22-19(24)11-15-4-2-8-21-12-15/h2,4,6-8,10,12,16H,3,5,9,11,13H2,1H3,(H,22,24)/t16-/m1/s1. The van der Waals surface area contributed by atoms with Crippen molar-refractivity contribution < 1.29 is 9.18 Å². The van der Waals surface area contributed by atoms with E-state index in [9.17, 15) is 9.18 Å². The highest BCUT2D eigenvalue weighted by Crippen LogP contribution is 2.24. The van der Waals surface area contributed by atoms with Crippen molar-refractivity contribution in [2.24, 2.45) is 0 Å². The van der Waals surface area contributed by atoms with E-state index in [2.05, 4.69) is 10.3 Å². The molecule has 24 heavy (non-hydrogen) atoms. The normalized spacial score (nSPS) is 17.6. The Hall–Kier alpha value is -2.43. The quantitative estimate of drug-likeness (QED) is 0.939. The highest BCUT2D eigenvalue weighted by atomic mass is 19.1. The summed E-state index contributed by atoms with van der Waals surface area (Å²) >= 11 is 0. The van der Waals surface area contributed by atoms with Crippen LogP contribution in [0.25, 0.3) is 0 Å². The van der Waals surface area contributed by atoms with E-state index in [0.717, 1.165) is 30.5 Å². The molecule has 0 unspecified atom stereocenters. The molecule has 1 fully saturated rings. The zero-order chi connectivity index (χ0) is 16.9. The summed E-state index contributed by atoms with van der Waals surface area (Å²) in [5.41, 5.74) is 2.56. The fourth-order valence-electron chi connectivity index (χ4n) is 3.15. The second-order valence-corrected chi connectivity index (χ2v) is 6.35. The minimum absolute atomic E-state index is 0.0143. The topological polar surface area (TPSA) is 45.2 Å². The number of nitrogens with zero attached hydrogens (tertiary/aromatic N) is 2. The van der Waals surface area contributed by atoms with Gasteiger partial charge >= 0.3 is 0 Å². The van der Waals surface area contributed by atoms with Gasteiger partial charge in [-0.05, 0) is 49.1 Å². The van der Waals surface area contributed by atoms with E-state index >= 15 is 0 Å². The number of rotatable bonds is 4. The molecule has 126 valence electrons. The lowest BCUT2D eigenvalue weighted by molar-refractivity contribution is -0.121. The maximum atomic E-state index is 14.1. The molecule has 1 N–H and O–H groups in total. The maximum absolute atomic E-state index is 14.1. The van der Waals surface area contributed by atoms with Gasteiger partial charge in [0.15, 0.2) is 0 Å². The summed E-state index contributed by atoms with van der Waals surface area (Å²) < 4.78 is 14.1. The van der Waals surface area contributed by atoms with Gasteiger partial charge in [-0.1, -0.05) is 12.1 Å². The van der Waals surface area contributed by atoms with Crippen LogP contribution in [0.15, 0.2) is 42.7 Å². The van der Waals surface area contributed by atoms with Crippen molar-refractivity contribution in [3.8, 4) is 0 Å². The van der Waals surface area contributed by atoms with Crippen LogP contribution < -0.4 is 10.2 Å². The second kappa shape index (κ2) is 7.43. The number of halogens is 1. The first-order chi connectivity index (χ1) is 11.6. The average Bonchev–Trinajstić information content (AvgIpc) is 2.58. The van der Waals surface area contributed by atoms with E-state index in [-0.39, 0.29) is 17.8 Å². The lowest BCUT2D eigenvalue weighted by Gasteiger charge is -2.35. The Morgan fingerprint density at radius 2 is 2.29 bits per heavy atom. The van der Waals surface area contributed by atoms with E-state index in [1.54, 1.807) is 18.5 Å². The van der Waals surface area contributed by atoms with Crippen molar-refractivity contribution >= 4 is 11.6 Å². The zero-order valence-electron chi connectivity index (χ0n) is 13.8. The number of carbonyl (C=O) groups excluding carboxylic acids is 1. The molecule has 1 amide bonds. The molecule has 0 aliphatic carbocycles. The van der Waals surface area contributed by atoms with Crippen LogP contribution in [0.2, 0.25) is 0 Å². The highest BCUT2D eigenvalue weighted by Gasteiger charge is 2.23. The van der Waals surface area contributed by atoms with Crippen LogP contribution in [0.3, 0.4) is 0 Å². The summed E-state index contributed by atoms with van der Waals surface area (Å²) in [6, 6.07) is 8.91. The lowest BCUT2D eigenvalue weighted by Crippen LogP contribution is -2.48. The predicted molar refractivity (Wildman–Crippen MR) is 92.5 cm³/mol. The summed E-state index contributed by atoms with van der Waals surface area (Å²) in [6.45, 7) is 3.41. The number of aromatic nitrogens is 1. The van der Waals surface area contributed by atoms with E-state index in [1.807, 2.05) is 30.0 Å². The Morgan fingerprint density at radius 3 is 3.08 bits per heavy atom. The highest BCUT2D eigenvalue weighted by molar-refractivity contribution is 5.78. The number of nitrogens with one attached hydrogen (secondary N) is 1. The summed E-state index contributed by atoms with van der Waals surface area (Å²) in [5.74, 6) is -0.220. The van der Waals surface area contributed by atoms with Crippen LogP contribution in [-0.4, -0.2) is 30.0 Å². The van der Waals surface area contributed by atoms with Crippen molar-refractivity contribution in [2.45, 2.75) is 32.2 Å². The zero-order valence-corrected chi connectivity index (χ0v) is 13.8. The number of piperidine rings is 1. The molecule has 1 aromatic heterocycles. The van der Waals surface area contributed by atoms with Crippen LogP contribution >= 0.6 is 0 Å². The number of hydrogen-bond acceptors (Lipinski definition) is 3. The minimum Gasteiger partial charge on any atom is -0.367 e. The van der Waals surface area contributed by atoms with Gasteiger partial charge in [0.2, 0.25) is 5.91 Å². The number of carbonyl (C=O) groups is 1. The third-order valence-electron chi connectivity index (χ3n) is 4.32. The molecule has 3 rings (SSSR count). The molecule has 0 saturated carbocycles. The smallest absolute Gasteiger partial charge is 0.224 e. The SMILES string of the molecule is Cc1ccc(F)c(N2CCC[C@@H](NC(=O)Cc3cccnc3)C2)c1. The van der Waals surface area contributed by atoms with Gasteiger partial charge in [0.25, 0.3) is 0 Å². The predicted octanol–water partition coefficient (Wildman–Crippen LogP) is 2.86. The van der Waals surface area contributed by atoms with Gasteiger partial charge < -0.3 is 10.2 Å². The van der Waals surface area contributed by atoms with E-state index < -0.39 is 0 Å². The number of aryl methyl sites for hydroxylation is 1. The van der Waals surface area contributed by atoms with Gasteiger partial charge in [-0.3, -0.25) is 9.78 Å². The molecule has 1 aromatic carbocycles. The molecule has 1 aliphatic rings. The molecule has 5 heteroatoms. The van der Waals surface area contributed by atoms with Gasteiger partial charge in [0.05, 0.1) is 12.1 Å². The monoisotopic (exact) mass is 327 g/mol. The molecule has 2 aromatic rings.